The van der Waals surface area contributed by atoms with Crippen molar-refractivity contribution in [3.05, 3.63) is 83.7 Å². The number of esters is 1. The molecular formula is C22H21N3O3. The van der Waals surface area contributed by atoms with Crippen molar-refractivity contribution < 1.29 is 14.3 Å². The largest absolute Gasteiger partial charge is 0.465 e. The summed E-state index contributed by atoms with van der Waals surface area (Å²) in [6.07, 6.45) is 2.50. The summed E-state index contributed by atoms with van der Waals surface area (Å²) in [6.45, 7) is 2.08. The summed E-state index contributed by atoms with van der Waals surface area (Å²) in [5.74, 6) is -0.705. The number of amides is 1. The van der Waals surface area contributed by atoms with Crippen molar-refractivity contribution in [2.24, 2.45) is 0 Å². The Hall–Kier alpha value is -3.67. The molecule has 0 saturated carbocycles. The second-order valence-corrected chi connectivity index (χ2v) is 6.13. The topological polar surface area (TPSA) is 80.3 Å². The number of carbonyl (C=O) groups excluding carboxylic acids is 2. The van der Waals surface area contributed by atoms with E-state index in [0.29, 0.717) is 22.6 Å². The van der Waals surface area contributed by atoms with Crippen molar-refractivity contribution in [3.8, 4) is 0 Å². The predicted octanol–water partition coefficient (Wildman–Crippen LogP) is 4.43. The minimum Gasteiger partial charge on any atom is -0.465 e. The van der Waals surface area contributed by atoms with E-state index in [2.05, 4.69) is 22.5 Å². The van der Waals surface area contributed by atoms with E-state index in [9.17, 15) is 9.59 Å². The molecule has 28 heavy (non-hydrogen) atoms. The van der Waals surface area contributed by atoms with Crippen LogP contribution in [0, 0.1) is 0 Å². The lowest BCUT2D eigenvalue weighted by Crippen LogP contribution is -2.13. The predicted molar refractivity (Wildman–Crippen MR) is 109 cm³/mol. The number of methoxy groups -OCH3 is 1. The summed E-state index contributed by atoms with van der Waals surface area (Å²) in [6, 6.07) is 18.0. The van der Waals surface area contributed by atoms with E-state index < -0.39 is 5.97 Å². The molecule has 0 spiro atoms. The number of hydrogen-bond acceptors (Lipinski definition) is 5. The van der Waals surface area contributed by atoms with Crippen LogP contribution in [0.1, 0.15) is 33.3 Å². The SMILES string of the molecule is CCc1ccc(NC(=O)c2cc(Nc3cccc(C(=O)OC)c3)ccn2)cc1. The monoisotopic (exact) mass is 375 g/mol. The zero-order valence-electron chi connectivity index (χ0n) is 15.7. The average molecular weight is 375 g/mol. The molecule has 2 aromatic carbocycles. The van der Waals surface area contributed by atoms with Gasteiger partial charge in [0.25, 0.3) is 5.91 Å². The van der Waals surface area contributed by atoms with Crippen molar-refractivity contribution >= 4 is 28.9 Å². The number of anilines is 3. The Kier molecular flexibility index (Phi) is 6.01. The Bertz CT molecular complexity index is 984. The van der Waals surface area contributed by atoms with E-state index in [4.69, 9.17) is 4.74 Å². The highest BCUT2D eigenvalue weighted by Gasteiger charge is 2.10. The quantitative estimate of drug-likeness (QED) is 0.623. The fourth-order valence-corrected chi connectivity index (χ4v) is 2.66. The number of aryl methyl sites for hydroxylation is 1. The molecule has 0 atom stereocenters. The number of aromatic nitrogens is 1. The van der Waals surface area contributed by atoms with Crippen LogP contribution in [0.4, 0.5) is 17.1 Å². The highest BCUT2D eigenvalue weighted by molar-refractivity contribution is 6.03. The maximum Gasteiger partial charge on any atom is 0.337 e. The zero-order chi connectivity index (χ0) is 19.9. The third kappa shape index (κ3) is 4.73. The van der Waals surface area contributed by atoms with Gasteiger partial charge < -0.3 is 15.4 Å². The third-order valence-electron chi connectivity index (χ3n) is 4.18. The molecule has 0 unspecified atom stereocenters. The third-order valence-corrected chi connectivity index (χ3v) is 4.18. The maximum absolute atomic E-state index is 12.5. The van der Waals surface area contributed by atoms with Crippen LogP contribution in [0.2, 0.25) is 0 Å². The average Bonchev–Trinajstić information content (AvgIpc) is 2.74. The Morgan fingerprint density at radius 2 is 1.71 bits per heavy atom. The first-order chi connectivity index (χ1) is 13.6. The summed E-state index contributed by atoms with van der Waals surface area (Å²) < 4.78 is 4.73. The van der Waals surface area contributed by atoms with Crippen LogP contribution >= 0.6 is 0 Å². The Balaban J connectivity index is 1.72. The molecular weight excluding hydrogens is 354 g/mol. The van der Waals surface area contributed by atoms with Gasteiger partial charge in [0.1, 0.15) is 5.69 Å². The molecule has 0 radical (unpaired) electrons. The summed E-state index contributed by atoms with van der Waals surface area (Å²) in [4.78, 5) is 28.3. The van der Waals surface area contributed by atoms with Crippen molar-refractivity contribution in [1.82, 2.24) is 4.98 Å². The molecule has 1 amide bonds. The highest BCUT2D eigenvalue weighted by atomic mass is 16.5. The lowest BCUT2D eigenvalue weighted by molar-refractivity contribution is 0.0600. The molecule has 0 bridgehead atoms. The minimum atomic E-state index is -0.410. The molecule has 1 aromatic heterocycles. The number of nitrogens with one attached hydrogen (secondary N) is 2. The van der Waals surface area contributed by atoms with Crippen LogP contribution < -0.4 is 10.6 Å². The molecule has 0 aliphatic carbocycles. The summed E-state index contributed by atoms with van der Waals surface area (Å²) in [7, 11) is 1.34. The molecule has 6 heteroatoms. The Labute approximate surface area is 163 Å². The first kappa shape index (κ1) is 19.1. The number of carbonyl (C=O) groups is 2. The van der Waals surface area contributed by atoms with E-state index in [-0.39, 0.29) is 11.6 Å². The second kappa shape index (κ2) is 8.81. The summed E-state index contributed by atoms with van der Waals surface area (Å²) in [5.41, 5.74) is 4.03. The van der Waals surface area contributed by atoms with Gasteiger partial charge in [-0.25, -0.2) is 4.79 Å². The number of ether oxygens (including phenoxy) is 1. The molecule has 0 aliphatic rings. The van der Waals surface area contributed by atoms with Gasteiger partial charge in [0.2, 0.25) is 0 Å². The van der Waals surface area contributed by atoms with Gasteiger partial charge in [0, 0.05) is 23.3 Å². The van der Waals surface area contributed by atoms with Gasteiger partial charge in [-0.1, -0.05) is 25.1 Å². The molecule has 3 aromatic rings. The van der Waals surface area contributed by atoms with Crippen LogP contribution in [0.15, 0.2) is 66.9 Å². The van der Waals surface area contributed by atoms with Gasteiger partial charge >= 0.3 is 5.97 Å². The van der Waals surface area contributed by atoms with E-state index in [1.54, 1.807) is 36.5 Å². The number of benzene rings is 2. The number of hydrogen-bond donors (Lipinski definition) is 2. The first-order valence-corrected chi connectivity index (χ1v) is 8.91. The number of rotatable bonds is 6. The standard InChI is InChI=1S/C22H21N3O3/c1-3-15-7-9-17(10-8-15)25-21(26)20-14-19(11-12-23-20)24-18-6-4-5-16(13-18)22(27)28-2/h4-14H,3H2,1-2H3,(H,23,24)(H,25,26). The zero-order valence-corrected chi connectivity index (χ0v) is 15.7. The summed E-state index contributed by atoms with van der Waals surface area (Å²) in [5, 5.41) is 6.01. The van der Waals surface area contributed by atoms with Crippen molar-refractivity contribution in [3.63, 3.8) is 0 Å². The lowest BCUT2D eigenvalue weighted by Gasteiger charge is -2.10. The molecule has 1 heterocycles. The molecule has 3 rings (SSSR count). The van der Waals surface area contributed by atoms with Crippen molar-refractivity contribution in [2.45, 2.75) is 13.3 Å². The lowest BCUT2D eigenvalue weighted by atomic mass is 10.1. The Morgan fingerprint density at radius 1 is 0.964 bits per heavy atom. The van der Waals surface area contributed by atoms with Gasteiger partial charge in [-0.2, -0.15) is 0 Å². The van der Waals surface area contributed by atoms with Gasteiger partial charge in [-0.3, -0.25) is 9.78 Å². The molecule has 142 valence electrons. The molecule has 0 fully saturated rings. The van der Waals surface area contributed by atoms with Gasteiger partial charge in [0.05, 0.1) is 12.7 Å². The molecule has 0 aliphatic heterocycles. The van der Waals surface area contributed by atoms with Crippen LogP contribution in [0.3, 0.4) is 0 Å². The first-order valence-electron chi connectivity index (χ1n) is 8.91. The fraction of sp³-hybridized carbons (Fsp3) is 0.136. The van der Waals surface area contributed by atoms with Gasteiger partial charge in [-0.15, -0.1) is 0 Å². The minimum absolute atomic E-state index is 0.286. The highest BCUT2D eigenvalue weighted by Crippen LogP contribution is 2.19. The van der Waals surface area contributed by atoms with Crippen molar-refractivity contribution in [2.75, 3.05) is 17.7 Å². The van der Waals surface area contributed by atoms with E-state index in [1.807, 2.05) is 30.3 Å². The maximum atomic E-state index is 12.5. The fourth-order valence-electron chi connectivity index (χ4n) is 2.66. The molecule has 0 saturated heterocycles. The molecule has 2 N–H and O–H groups in total. The van der Waals surface area contributed by atoms with E-state index in [0.717, 1.165) is 6.42 Å². The summed E-state index contributed by atoms with van der Waals surface area (Å²) >= 11 is 0. The van der Waals surface area contributed by atoms with Crippen LogP contribution in [0.25, 0.3) is 0 Å². The van der Waals surface area contributed by atoms with Gasteiger partial charge in [-0.05, 0) is 54.4 Å². The number of nitrogens with zero attached hydrogens (tertiary/aromatic N) is 1. The Morgan fingerprint density at radius 3 is 2.43 bits per heavy atom. The van der Waals surface area contributed by atoms with Crippen LogP contribution in [0.5, 0.6) is 0 Å². The van der Waals surface area contributed by atoms with Crippen LogP contribution in [-0.4, -0.2) is 24.0 Å². The van der Waals surface area contributed by atoms with Crippen molar-refractivity contribution in [1.29, 1.82) is 0 Å². The van der Waals surface area contributed by atoms with Gasteiger partial charge in [0.15, 0.2) is 0 Å². The smallest absolute Gasteiger partial charge is 0.337 e. The normalized spacial score (nSPS) is 10.2. The molecule has 6 nitrogen and oxygen atoms in total. The van der Waals surface area contributed by atoms with E-state index in [1.165, 1.54) is 12.7 Å². The second-order valence-electron chi connectivity index (χ2n) is 6.13. The van der Waals surface area contributed by atoms with E-state index >= 15 is 0 Å². The number of pyridine rings is 1. The van der Waals surface area contributed by atoms with Crippen LogP contribution in [-0.2, 0) is 11.2 Å².